The number of nitrogens with one attached hydrogen (secondary N) is 1. The summed E-state index contributed by atoms with van der Waals surface area (Å²) in [6.45, 7) is 0. The molecule has 4 nitrogen and oxygen atoms in total. The van der Waals surface area contributed by atoms with Crippen molar-refractivity contribution in [3.63, 3.8) is 0 Å². The van der Waals surface area contributed by atoms with Crippen molar-refractivity contribution in [3.05, 3.63) is 57.6 Å². The van der Waals surface area contributed by atoms with Crippen molar-refractivity contribution in [1.82, 2.24) is 9.97 Å². The number of rotatable bonds is 2. The van der Waals surface area contributed by atoms with Crippen LogP contribution in [-0.2, 0) is 0 Å². The molecule has 0 spiro atoms. The van der Waals surface area contributed by atoms with Crippen LogP contribution in [0, 0.1) is 5.82 Å². The molecule has 0 aliphatic rings. The number of hydrogen-bond donors (Lipinski definition) is 1. The molecule has 0 saturated carbocycles. The van der Waals surface area contributed by atoms with Crippen molar-refractivity contribution in [3.8, 4) is 17.1 Å². The van der Waals surface area contributed by atoms with E-state index in [1.54, 1.807) is 24.3 Å². The van der Waals surface area contributed by atoms with Gasteiger partial charge in [-0.1, -0.05) is 23.7 Å². The van der Waals surface area contributed by atoms with Crippen molar-refractivity contribution in [2.75, 3.05) is 7.11 Å². The van der Waals surface area contributed by atoms with Gasteiger partial charge >= 0.3 is 0 Å². The summed E-state index contributed by atoms with van der Waals surface area (Å²) in [5.41, 5.74) is 0.618. The molecule has 0 atom stereocenters. The van der Waals surface area contributed by atoms with Crippen LogP contribution in [0.5, 0.6) is 5.75 Å². The molecule has 1 heterocycles. The Hall–Kier alpha value is -2.40. The summed E-state index contributed by atoms with van der Waals surface area (Å²) in [5, 5.41) is 0.588. The van der Waals surface area contributed by atoms with Crippen LogP contribution in [-0.4, -0.2) is 17.1 Å². The second kappa shape index (κ2) is 5.18. The maximum atomic E-state index is 13.9. The highest BCUT2D eigenvalue weighted by Gasteiger charge is 2.13. The number of hydrogen-bond acceptors (Lipinski definition) is 3. The largest absolute Gasteiger partial charge is 0.492 e. The molecule has 0 saturated heterocycles. The summed E-state index contributed by atoms with van der Waals surface area (Å²) < 4.78 is 18.7. The Labute approximate surface area is 124 Å². The average molecular weight is 305 g/mol. The fourth-order valence-electron chi connectivity index (χ4n) is 2.11. The number of nitrogens with zero attached hydrogens (tertiary/aromatic N) is 1. The molecule has 0 amide bonds. The van der Waals surface area contributed by atoms with Gasteiger partial charge in [-0.2, -0.15) is 0 Å². The Morgan fingerprint density at radius 2 is 2.05 bits per heavy atom. The molecule has 3 aromatic rings. The van der Waals surface area contributed by atoms with E-state index >= 15 is 0 Å². The topological polar surface area (TPSA) is 55.0 Å². The second-order valence-corrected chi connectivity index (χ2v) is 4.81. The van der Waals surface area contributed by atoms with Crippen LogP contribution < -0.4 is 10.3 Å². The van der Waals surface area contributed by atoms with Gasteiger partial charge in [0.15, 0.2) is 11.6 Å². The van der Waals surface area contributed by atoms with Gasteiger partial charge in [0.05, 0.1) is 23.0 Å². The fraction of sp³-hybridized carbons (Fsp3) is 0.0667. The molecule has 1 aromatic heterocycles. The average Bonchev–Trinajstić information content (AvgIpc) is 2.47. The van der Waals surface area contributed by atoms with Gasteiger partial charge in [-0.15, -0.1) is 0 Å². The lowest BCUT2D eigenvalue weighted by Crippen LogP contribution is -2.09. The molecule has 0 aliphatic carbocycles. The highest BCUT2D eigenvalue weighted by atomic mass is 35.5. The van der Waals surface area contributed by atoms with E-state index in [-0.39, 0.29) is 22.2 Å². The Bertz CT molecular complexity index is 869. The van der Waals surface area contributed by atoms with Gasteiger partial charge in [0.1, 0.15) is 5.82 Å². The third-order valence-corrected chi connectivity index (χ3v) is 3.37. The third kappa shape index (κ3) is 2.36. The van der Waals surface area contributed by atoms with Gasteiger partial charge in [-0.05, 0) is 24.3 Å². The summed E-state index contributed by atoms with van der Waals surface area (Å²) in [4.78, 5) is 19.0. The van der Waals surface area contributed by atoms with E-state index in [1.165, 1.54) is 19.2 Å². The highest BCUT2D eigenvalue weighted by molar-refractivity contribution is 6.32. The quantitative estimate of drug-likeness (QED) is 0.789. The van der Waals surface area contributed by atoms with Gasteiger partial charge in [0, 0.05) is 5.56 Å². The number of H-pyrrole nitrogens is 1. The van der Waals surface area contributed by atoms with Crippen molar-refractivity contribution in [2.24, 2.45) is 0 Å². The zero-order valence-electron chi connectivity index (χ0n) is 11.0. The first-order valence-corrected chi connectivity index (χ1v) is 6.50. The van der Waals surface area contributed by atoms with Gasteiger partial charge in [0.2, 0.25) is 0 Å². The molecule has 0 aliphatic heterocycles. The molecule has 3 rings (SSSR count). The lowest BCUT2D eigenvalue weighted by atomic mass is 10.1. The summed E-state index contributed by atoms with van der Waals surface area (Å²) in [5.74, 6) is -0.401. The maximum absolute atomic E-state index is 13.9. The monoisotopic (exact) mass is 304 g/mol. The first-order valence-electron chi connectivity index (χ1n) is 6.12. The number of aromatic amines is 1. The molecular weight excluding hydrogens is 295 g/mol. The van der Waals surface area contributed by atoms with Crippen LogP contribution in [0.25, 0.3) is 22.3 Å². The number of aromatic nitrogens is 2. The molecule has 2 aromatic carbocycles. The molecule has 1 N–H and O–H groups in total. The SMILES string of the molecule is COc1c(F)cc(-c2nc3ccccc3c(=O)[nH]2)cc1Cl. The molecule has 21 heavy (non-hydrogen) atoms. The molecule has 0 bridgehead atoms. The number of ether oxygens (including phenoxy) is 1. The predicted molar refractivity (Wildman–Crippen MR) is 79.3 cm³/mol. The molecule has 0 radical (unpaired) electrons. The van der Waals surface area contributed by atoms with E-state index in [9.17, 15) is 9.18 Å². The zero-order chi connectivity index (χ0) is 15.0. The van der Waals surface area contributed by atoms with Gasteiger partial charge in [-0.25, -0.2) is 9.37 Å². The number of benzene rings is 2. The van der Waals surface area contributed by atoms with Crippen LogP contribution >= 0.6 is 11.6 Å². The zero-order valence-corrected chi connectivity index (χ0v) is 11.7. The van der Waals surface area contributed by atoms with E-state index in [1.807, 2.05) is 0 Å². The predicted octanol–water partition coefficient (Wildman–Crippen LogP) is 3.39. The molecule has 0 fully saturated rings. The first kappa shape index (κ1) is 13.6. The minimum Gasteiger partial charge on any atom is -0.492 e. The van der Waals surface area contributed by atoms with E-state index in [0.29, 0.717) is 16.5 Å². The minimum atomic E-state index is -0.615. The van der Waals surface area contributed by atoms with Crippen molar-refractivity contribution >= 4 is 22.5 Å². The van der Waals surface area contributed by atoms with Gasteiger partial charge in [-0.3, -0.25) is 4.79 Å². The smallest absolute Gasteiger partial charge is 0.259 e. The van der Waals surface area contributed by atoms with Crippen molar-refractivity contribution < 1.29 is 9.13 Å². The van der Waals surface area contributed by atoms with Crippen LogP contribution in [0.15, 0.2) is 41.2 Å². The van der Waals surface area contributed by atoms with E-state index < -0.39 is 5.82 Å². The fourth-order valence-corrected chi connectivity index (χ4v) is 2.40. The Kier molecular flexibility index (Phi) is 3.35. The summed E-state index contributed by atoms with van der Waals surface area (Å²) in [6, 6.07) is 9.64. The van der Waals surface area contributed by atoms with Crippen LogP contribution in [0.1, 0.15) is 0 Å². The molecular formula is C15H10ClFN2O2. The van der Waals surface area contributed by atoms with E-state index in [4.69, 9.17) is 16.3 Å². The maximum Gasteiger partial charge on any atom is 0.259 e. The molecule has 6 heteroatoms. The highest BCUT2D eigenvalue weighted by Crippen LogP contribution is 2.32. The second-order valence-electron chi connectivity index (χ2n) is 4.40. The molecule has 106 valence electrons. The third-order valence-electron chi connectivity index (χ3n) is 3.09. The summed E-state index contributed by atoms with van der Waals surface area (Å²) in [7, 11) is 1.33. The Morgan fingerprint density at radius 1 is 1.29 bits per heavy atom. The normalized spacial score (nSPS) is 10.8. The number of para-hydroxylation sites is 1. The standard InChI is InChI=1S/C15H10ClFN2O2/c1-21-13-10(16)6-8(7-11(13)17)14-18-12-5-3-2-4-9(12)15(20)19-14/h2-7H,1H3,(H,18,19,20). The van der Waals surface area contributed by atoms with Crippen molar-refractivity contribution in [2.45, 2.75) is 0 Å². The van der Waals surface area contributed by atoms with E-state index in [0.717, 1.165) is 0 Å². The van der Waals surface area contributed by atoms with Crippen molar-refractivity contribution in [1.29, 1.82) is 0 Å². The van der Waals surface area contributed by atoms with Crippen LogP contribution in [0.4, 0.5) is 4.39 Å². The van der Waals surface area contributed by atoms with Gasteiger partial charge in [0.25, 0.3) is 5.56 Å². The Morgan fingerprint density at radius 3 is 2.76 bits per heavy atom. The Balaban J connectivity index is 2.23. The lowest BCUT2D eigenvalue weighted by Gasteiger charge is -2.08. The number of fused-ring (bicyclic) bond motifs is 1. The molecule has 0 unspecified atom stereocenters. The number of halogens is 2. The number of methoxy groups -OCH3 is 1. The van der Waals surface area contributed by atoms with E-state index in [2.05, 4.69) is 9.97 Å². The lowest BCUT2D eigenvalue weighted by molar-refractivity contribution is 0.387. The minimum absolute atomic E-state index is 0.0384. The van der Waals surface area contributed by atoms with Crippen LogP contribution in [0.3, 0.4) is 0 Å². The summed E-state index contributed by atoms with van der Waals surface area (Å²) >= 11 is 5.96. The van der Waals surface area contributed by atoms with Crippen LogP contribution in [0.2, 0.25) is 5.02 Å². The first-order chi connectivity index (χ1) is 10.1. The van der Waals surface area contributed by atoms with Gasteiger partial charge < -0.3 is 9.72 Å². The summed E-state index contributed by atoms with van der Waals surface area (Å²) in [6.07, 6.45) is 0.